The fraction of sp³-hybridized carbons (Fsp3) is 0.455. The Hall–Kier alpha value is -0.420. The van der Waals surface area contributed by atoms with E-state index in [0.717, 1.165) is 10.0 Å². The Balaban J connectivity index is 2.50. The maximum absolute atomic E-state index is 11.9. The van der Waals surface area contributed by atoms with Gasteiger partial charge in [0.1, 0.15) is 0 Å². The average molecular weight is 331 g/mol. The molecule has 6 heteroatoms. The van der Waals surface area contributed by atoms with E-state index >= 15 is 0 Å². The highest BCUT2D eigenvalue weighted by atomic mass is 79.9. The molecule has 96 valence electrons. The van der Waals surface area contributed by atoms with Crippen molar-refractivity contribution in [2.75, 3.05) is 11.9 Å². The van der Waals surface area contributed by atoms with Gasteiger partial charge in [0.15, 0.2) is 0 Å². The van der Waals surface area contributed by atoms with Crippen LogP contribution < -0.4 is 5.32 Å². The first-order valence-electron chi connectivity index (χ1n) is 5.06. The van der Waals surface area contributed by atoms with Crippen molar-refractivity contribution >= 4 is 33.2 Å². The molecule has 0 radical (unpaired) electrons. The number of halogens is 5. The van der Waals surface area contributed by atoms with Crippen molar-refractivity contribution in [3.8, 4) is 0 Å². The predicted molar refractivity (Wildman–Crippen MR) is 67.7 cm³/mol. The predicted octanol–water partition coefficient (Wildman–Crippen LogP) is 5.17. The summed E-state index contributed by atoms with van der Waals surface area (Å²) in [6, 6.07) is 3.53. The van der Waals surface area contributed by atoms with Gasteiger partial charge in [-0.2, -0.15) is 13.2 Å². The number of benzene rings is 1. The summed E-state index contributed by atoms with van der Waals surface area (Å²) in [6.07, 6.45) is -4.83. The van der Waals surface area contributed by atoms with Crippen LogP contribution in [0.25, 0.3) is 0 Å². The molecule has 17 heavy (non-hydrogen) atoms. The maximum Gasteiger partial charge on any atom is 0.389 e. The number of alkyl halides is 3. The monoisotopic (exact) mass is 329 g/mol. The molecule has 0 aliphatic rings. The van der Waals surface area contributed by atoms with E-state index < -0.39 is 12.6 Å². The van der Waals surface area contributed by atoms with E-state index in [4.69, 9.17) is 11.6 Å². The van der Waals surface area contributed by atoms with Crippen LogP contribution in [0.1, 0.15) is 18.4 Å². The Bertz CT molecular complexity index is 393. The molecule has 1 aromatic carbocycles. The second-order valence-electron chi connectivity index (χ2n) is 3.73. The van der Waals surface area contributed by atoms with Crippen molar-refractivity contribution < 1.29 is 13.2 Å². The van der Waals surface area contributed by atoms with E-state index in [1.165, 1.54) is 0 Å². The fourth-order valence-corrected chi connectivity index (χ4v) is 2.06. The molecule has 1 rings (SSSR count). The van der Waals surface area contributed by atoms with Crippen molar-refractivity contribution in [1.82, 2.24) is 0 Å². The van der Waals surface area contributed by atoms with Gasteiger partial charge < -0.3 is 5.32 Å². The van der Waals surface area contributed by atoms with Gasteiger partial charge in [-0.05, 0) is 47.0 Å². The molecule has 1 nitrogen and oxygen atoms in total. The molecule has 0 amide bonds. The van der Waals surface area contributed by atoms with E-state index in [-0.39, 0.29) is 13.0 Å². The van der Waals surface area contributed by atoms with Gasteiger partial charge in [-0.1, -0.05) is 11.6 Å². The Morgan fingerprint density at radius 3 is 2.59 bits per heavy atom. The SMILES string of the molecule is Cc1cc(Br)c(NCCCC(F)(F)F)cc1Cl. The Labute approximate surface area is 111 Å². The minimum Gasteiger partial charge on any atom is -0.384 e. The highest BCUT2D eigenvalue weighted by molar-refractivity contribution is 9.10. The first-order valence-corrected chi connectivity index (χ1v) is 6.23. The third-order valence-electron chi connectivity index (χ3n) is 2.20. The molecule has 0 aliphatic heterocycles. The zero-order chi connectivity index (χ0) is 13.1. The molecule has 0 spiro atoms. The zero-order valence-corrected chi connectivity index (χ0v) is 11.5. The van der Waals surface area contributed by atoms with E-state index in [9.17, 15) is 13.2 Å². The summed E-state index contributed by atoms with van der Waals surface area (Å²) in [7, 11) is 0. The van der Waals surface area contributed by atoms with E-state index in [1.807, 2.05) is 13.0 Å². The number of rotatable bonds is 4. The van der Waals surface area contributed by atoms with Crippen LogP contribution >= 0.6 is 27.5 Å². The van der Waals surface area contributed by atoms with Crippen LogP contribution in [0.15, 0.2) is 16.6 Å². The quantitative estimate of drug-likeness (QED) is 0.751. The third-order valence-corrected chi connectivity index (χ3v) is 3.26. The first-order chi connectivity index (χ1) is 7.79. The van der Waals surface area contributed by atoms with E-state index in [1.54, 1.807) is 6.07 Å². The lowest BCUT2D eigenvalue weighted by atomic mass is 10.2. The third kappa shape index (κ3) is 5.17. The molecular weight excluding hydrogens is 318 g/mol. The zero-order valence-electron chi connectivity index (χ0n) is 9.17. The Morgan fingerprint density at radius 1 is 1.35 bits per heavy atom. The van der Waals surface area contributed by atoms with Crippen LogP contribution in [-0.2, 0) is 0 Å². The summed E-state index contributed by atoms with van der Waals surface area (Å²) in [5.74, 6) is 0. The van der Waals surface area contributed by atoms with Crippen LogP contribution in [0.3, 0.4) is 0 Å². The minimum atomic E-state index is -4.09. The fourth-order valence-electron chi connectivity index (χ4n) is 1.29. The van der Waals surface area contributed by atoms with Crippen molar-refractivity contribution in [2.45, 2.75) is 25.9 Å². The van der Waals surface area contributed by atoms with Gasteiger partial charge >= 0.3 is 6.18 Å². The van der Waals surface area contributed by atoms with Gasteiger partial charge in [0.2, 0.25) is 0 Å². The lowest BCUT2D eigenvalue weighted by Crippen LogP contribution is -2.11. The topological polar surface area (TPSA) is 12.0 Å². The second kappa shape index (κ2) is 5.96. The average Bonchev–Trinajstić information content (AvgIpc) is 2.18. The standard InChI is InChI=1S/C11H12BrClF3N/c1-7-5-8(12)10(6-9(7)13)17-4-2-3-11(14,15)16/h5-6,17H,2-4H2,1H3. The van der Waals surface area contributed by atoms with Gasteiger partial charge in [0, 0.05) is 28.1 Å². The van der Waals surface area contributed by atoms with Gasteiger partial charge in [-0.3, -0.25) is 0 Å². The largest absolute Gasteiger partial charge is 0.389 e. The van der Waals surface area contributed by atoms with Gasteiger partial charge in [-0.15, -0.1) is 0 Å². The summed E-state index contributed by atoms with van der Waals surface area (Å²) in [6.45, 7) is 2.12. The maximum atomic E-state index is 11.9. The molecule has 0 saturated heterocycles. The summed E-state index contributed by atoms with van der Waals surface area (Å²) in [5.41, 5.74) is 1.63. The van der Waals surface area contributed by atoms with Crippen LogP contribution in [-0.4, -0.2) is 12.7 Å². The van der Waals surface area contributed by atoms with Gasteiger partial charge in [0.25, 0.3) is 0 Å². The lowest BCUT2D eigenvalue weighted by molar-refractivity contribution is -0.134. The number of hydrogen-bond acceptors (Lipinski definition) is 1. The molecule has 0 unspecified atom stereocenters. The van der Waals surface area contributed by atoms with Crippen molar-refractivity contribution in [1.29, 1.82) is 0 Å². The van der Waals surface area contributed by atoms with Crippen LogP contribution in [0.4, 0.5) is 18.9 Å². The molecule has 0 atom stereocenters. The molecular formula is C11H12BrClF3N. The number of nitrogens with one attached hydrogen (secondary N) is 1. The molecule has 1 N–H and O–H groups in total. The smallest absolute Gasteiger partial charge is 0.384 e. The number of hydrogen-bond donors (Lipinski definition) is 1. The molecule has 0 aromatic heterocycles. The van der Waals surface area contributed by atoms with Crippen molar-refractivity contribution in [3.63, 3.8) is 0 Å². The normalized spacial score (nSPS) is 11.6. The summed E-state index contributed by atoms with van der Waals surface area (Å²) < 4.78 is 36.6. The minimum absolute atomic E-state index is 0.0431. The van der Waals surface area contributed by atoms with Crippen LogP contribution in [0.2, 0.25) is 5.02 Å². The molecule has 0 fully saturated rings. The Kier molecular flexibility index (Phi) is 5.13. The summed E-state index contributed by atoms with van der Waals surface area (Å²) in [4.78, 5) is 0. The molecule has 0 bridgehead atoms. The van der Waals surface area contributed by atoms with Crippen molar-refractivity contribution in [3.05, 3.63) is 27.2 Å². The molecule has 0 saturated carbocycles. The van der Waals surface area contributed by atoms with Gasteiger partial charge in [-0.25, -0.2) is 0 Å². The number of anilines is 1. The van der Waals surface area contributed by atoms with Crippen molar-refractivity contribution in [2.24, 2.45) is 0 Å². The van der Waals surface area contributed by atoms with E-state index in [0.29, 0.717) is 10.7 Å². The first kappa shape index (κ1) is 14.6. The molecule has 0 aliphatic carbocycles. The summed E-state index contributed by atoms with van der Waals surface area (Å²) in [5, 5.41) is 3.51. The highest BCUT2D eigenvalue weighted by Crippen LogP contribution is 2.29. The lowest BCUT2D eigenvalue weighted by Gasteiger charge is -2.11. The highest BCUT2D eigenvalue weighted by Gasteiger charge is 2.25. The molecule has 0 heterocycles. The van der Waals surface area contributed by atoms with Crippen LogP contribution in [0, 0.1) is 6.92 Å². The second-order valence-corrected chi connectivity index (χ2v) is 4.99. The van der Waals surface area contributed by atoms with E-state index in [2.05, 4.69) is 21.2 Å². The van der Waals surface area contributed by atoms with Gasteiger partial charge in [0.05, 0.1) is 0 Å². The Morgan fingerprint density at radius 2 is 2.00 bits per heavy atom. The van der Waals surface area contributed by atoms with Crippen LogP contribution in [0.5, 0.6) is 0 Å². The molecule has 1 aromatic rings. The number of aryl methyl sites for hydroxylation is 1. The summed E-state index contributed by atoms with van der Waals surface area (Å²) >= 11 is 9.26.